The highest BCUT2D eigenvalue weighted by atomic mass is 127. The first-order valence-corrected chi connectivity index (χ1v) is 10.2. The summed E-state index contributed by atoms with van der Waals surface area (Å²) in [6.07, 6.45) is 5.97. The monoisotopic (exact) mass is 513 g/mol. The highest BCUT2D eigenvalue weighted by Crippen LogP contribution is 2.27. The first kappa shape index (κ1) is 22.6. The van der Waals surface area contributed by atoms with Crippen LogP contribution in [0.4, 0.5) is 5.69 Å². The summed E-state index contributed by atoms with van der Waals surface area (Å²) in [7, 11) is 1.76. The summed E-state index contributed by atoms with van der Waals surface area (Å²) < 4.78 is 0. The predicted molar refractivity (Wildman–Crippen MR) is 127 cm³/mol. The van der Waals surface area contributed by atoms with E-state index in [1.165, 1.54) is 4.88 Å². The van der Waals surface area contributed by atoms with Crippen LogP contribution in [0.15, 0.2) is 35.5 Å². The highest BCUT2D eigenvalue weighted by Gasteiger charge is 2.25. The quantitative estimate of drug-likeness (QED) is 0.300. The van der Waals surface area contributed by atoms with Gasteiger partial charge in [0.05, 0.1) is 5.01 Å². The lowest BCUT2D eigenvalue weighted by atomic mass is 9.85. The molecular formula is C20H28IN5OS. The SMILES string of the molecule is CN=C(NCCc1ncc(C)s1)NCc1cccc(NC(=O)C2CCC2)c1.I. The van der Waals surface area contributed by atoms with Gasteiger partial charge in [0.1, 0.15) is 0 Å². The van der Waals surface area contributed by atoms with Crippen molar-refractivity contribution in [3.05, 3.63) is 45.9 Å². The number of hydrogen-bond acceptors (Lipinski definition) is 4. The highest BCUT2D eigenvalue weighted by molar-refractivity contribution is 14.0. The summed E-state index contributed by atoms with van der Waals surface area (Å²) in [4.78, 5) is 22.0. The molecule has 152 valence electrons. The predicted octanol–water partition coefficient (Wildman–Crippen LogP) is 3.72. The third-order valence-electron chi connectivity index (χ3n) is 4.65. The number of carbonyl (C=O) groups excluding carboxylic acids is 1. The molecule has 1 amide bonds. The van der Waals surface area contributed by atoms with Gasteiger partial charge in [-0.2, -0.15) is 0 Å². The Labute approximate surface area is 187 Å². The number of aryl methyl sites for hydroxylation is 1. The Bertz CT molecular complexity index is 803. The van der Waals surface area contributed by atoms with Gasteiger partial charge in [0.15, 0.2) is 5.96 Å². The third kappa shape index (κ3) is 6.73. The fourth-order valence-electron chi connectivity index (χ4n) is 2.89. The van der Waals surface area contributed by atoms with Gasteiger partial charge in [-0.15, -0.1) is 35.3 Å². The lowest BCUT2D eigenvalue weighted by molar-refractivity contribution is -0.122. The Balaban J connectivity index is 0.00000280. The summed E-state index contributed by atoms with van der Waals surface area (Å²) in [5, 5.41) is 10.8. The van der Waals surface area contributed by atoms with Crippen molar-refractivity contribution in [2.24, 2.45) is 10.9 Å². The van der Waals surface area contributed by atoms with Crippen molar-refractivity contribution in [2.45, 2.75) is 39.2 Å². The molecule has 3 N–H and O–H groups in total. The number of halogens is 1. The van der Waals surface area contributed by atoms with E-state index in [9.17, 15) is 4.79 Å². The molecule has 0 atom stereocenters. The minimum atomic E-state index is 0. The second-order valence-electron chi connectivity index (χ2n) is 6.78. The molecule has 1 aliphatic rings. The number of guanidine groups is 1. The van der Waals surface area contributed by atoms with Gasteiger partial charge in [-0.05, 0) is 37.5 Å². The van der Waals surface area contributed by atoms with Crippen LogP contribution in [0, 0.1) is 12.8 Å². The molecule has 0 aliphatic heterocycles. The molecule has 1 saturated carbocycles. The summed E-state index contributed by atoms with van der Waals surface area (Å²) in [6, 6.07) is 7.95. The van der Waals surface area contributed by atoms with Crippen LogP contribution in [-0.2, 0) is 17.8 Å². The first-order valence-electron chi connectivity index (χ1n) is 9.39. The molecule has 3 rings (SSSR count). The fourth-order valence-corrected chi connectivity index (χ4v) is 3.67. The zero-order chi connectivity index (χ0) is 19.1. The van der Waals surface area contributed by atoms with Gasteiger partial charge in [0.2, 0.25) is 5.91 Å². The van der Waals surface area contributed by atoms with Crippen molar-refractivity contribution in [2.75, 3.05) is 18.9 Å². The number of carbonyl (C=O) groups is 1. The van der Waals surface area contributed by atoms with Crippen molar-refractivity contribution in [3.63, 3.8) is 0 Å². The fraction of sp³-hybridized carbons (Fsp3) is 0.450. The van der Waals surface area contributed by atoms with E-state index in [1.807, 2.05) is 30.5 Å². The average Bonchev–Trinajstić information content (AvgIpc) is 3.02. The smallest absolute Gasteiger partial charge is 0.227 e. The molecule has 28 heavy (non-hydrogen) atoms. The van der Waals surface area contributed by atoms with E-state index >= 15 is 0 Å². The number of hydrogen-bond donors (Lipinski definition) is 3. The van der Waals surface area contributed by atoms with Crippen LogP contribution < -0.4 is 16.0 Å². The first-order chi connectivity index (χ1) is 13.1. The summed E-state index contributed by atoms with van der Waals surface area (Å²) in [5.41, 5.74) is 1.95. The molecular weight excluding hydrogens is 485 g/mol. The molecule has 0 unspecified atom stereocenters. The van der Waals surface area contributed by atoms with Gasteiger partial charge >= 0.3 is 0 Å². The van der Waals surface area contributed by atoms with E-state index in [-0.39, 0.29) is 35.8 Å². The summed E-state index contributed by atoms with van der Waals surface area (Å²) in [5.74, 6) is 1.09. The molecule has 6 nitrogen and oxygen atoms in total. The third-order valence-corrected chi connectivity index (χ3v) is 5.63. The molecule has 1 fully saturated rings. The van der Waals surface area contributed by atoms with Crippen LogP contribution in [-0.4, -0.2) is 30.4 Å². The minimum Gasteiger partial charge on any atom is -0.356 e. The lowest BCUT2D eigenvalue weighted by Gasteiger charge is -2.24. The van der Waals surface area contributed by atoms with Gasteiger partial charge in [-0.25, -0.2) is 4.98 Å². The number of benzene rings is 1. The van der Waals surface area contributed by atoms with Gasteiger partial charge in [-0.3, -0.25) is 9.79 Å². The van der Waals surface area contributed by atoms with E-state index in [1.54, 1.807) is 18.4 Å². The minimum absolute atomic E-state index is 0. The van der Waals surface area contributed by atoms with E-state index in [4.69, 9.17) is 0 Å². The Hall–Kier alpha value is -1.68. The van der Waals surface area contributed by atoms with E-state index in [0.29, 0.717) is 6.54 Å². The van der Waals surface area contributed by atoms with Gasteiger partial charge < -0.3 is 16.0 Å². The molecule has 1 aliphatic carbocycles. The molecule has 8 heteroatoms. The Morgan fingerprint density at radius 1 is 1.32 bits per heavy atom. The Morgan fingerprint density at radius 2 is 2.14 bits per heavy atom. The zero-order valence-corrected chi connectivity index (χ0v) is 19.5. The van der Waals surface area contributed by atoms with Crippen LogP contribution in [0.5, 0.6) is 0 Å². The van der Waals surface area contributed by atoms with Crippen LogP contribution >= 0.6 is 35.3 Å². The Morgan fingerprint density at radius 3 is 2.79 bits per heavy atom. The van der Waals surface area contributed by atoms with E-state index in [2.05, 4.69) is 32.9 Å². The molecule has 0 radical (unpaired) electrons. The van der Waals surface area contributed by atoms with Gasteiger partial charge in [0.25, 0.3) is 0 Å². The van der Waals surface area contributed by atoms with Crippen molar-refractivity contribution in [1.29, 1.82) is 0 Å². The number of nitrogens with one attached hydrogen (secondary N) is 3. The van der Waals surface area contributed by atoms with Crippen LogP contribution in [0.25, 0.3) is 0 Å². The zero-order valence-electron chi connectivity index (χ0n) is 16.3. The molecule has 1 heterocycles. The number of aliphatic imine (C=N–C) groups is 1. The van der Waals surface area contributed by atoms with Crippen molar-refractivity contribution < 1.29 is 4.79 Å². The number of amides is 1. The van der Waals surface area contributed by atoms with E-state index in [0.717, 1.165) is 54.4 Å². The van der Waals surface area contributed by atoms with Crippen LogP contribution in [0.1, 0.15) is 34.7 Å². The lowest BCUT2D eigenvalue weighted by Crippen LogP contribution is -2.37. The summed E-state index contributed by atoms with van der Waals surface area (Å²) >= 11 is 1.73. The molecule has 0 bridgehead atoms. The van der Waals surface area contributed by atoms with Gasteiger partial charge in [0, 0.05) is 49.2 Å². The van der Waals surface area contributed by atoms with Crippen LogP contribution in [0.3, 0.4) is 0 Å². The number of thiazole rings is 1. The van der Waals surface area contributed by atoms with Crippen molar-refractivity contribution in [1.82, 2.24) is 15.6 Å². The largest absolute Gasteiger partial charge is 0.356 e. The average molecular weight is 513 g/mol. The number of nitrogens with zero attached hydrogens (tertiary/aromatic N) is 2. The molecule has 0 saturated heterocycles. The van der Waals surface area contributed by atoms with Gasteiger partial charge in [-0.1, -0.05) is 18.6 Å². The maximum absolute atomic E-state index is 12.1. The maximum Gasteiger partial charge on any atom is 0.227 e. The van der Waals surface area contributed by atoms with Crippen molar-refractivity contribution >= 4 is 52.9 Å². The van der Waals surface area contributed by atoms with Crippen LogP contribution in [0.2, 0.25) is 0 Å². The topological polar surface area (TPSA) is 78.4 Å². The van der Waals surface area contributed by atoms with Crippen molar-refractivity contribution in [3.8, 4) is 0 Å². The molecule has 1 aromatic carbocycles. The van der Waals surface area contributed by atoms with E-state index < -0.39 is 0 Å². The molecule has 1 aromatic heterocycles. The second kappa shape index (κ2) is 11.4. The maximum atomic E-state index is 12.1. The molecule has 2 aromatic rings. The second-order valence-corrected chi connectivity index (χ2v) is 8.10. The number of anilines is 1. The number of rotatable bonds is 7. The normalized spacial score (nSPS) is 14.0. The number of aromatic nitrogens is 1. The summed E-state index contributed by atoms with van der Waals surface area (Å²) in [6.45, 7) is 3.49. The Kier molecular flexibility index (Phi) is 9.17. The molecule has 0 spiro atoms. The standard InChI is InChI=1S/C20H27N5OS.HI/c1-14-12-23-18(27-14)9-10-22-20(21-2)24-13-15-5-3-8-17(11-15)25-19(26)16-6-4-7-16;/h3,5,8,11-12,16H,4,6-7,9-10,13H2,1-2H3,(H,25,26)(H2,21,22,24);1H.